The average Bonchev–Trinajstić information content (AvgIpc) is 2.88. The second kappa shape index (κ2) is 6.55. The predicted octanol–water partition coefficient (Wildman–Crippen LogP) is 2.51. The van der Waals surface area contributed by atoms with Crippen LogP contribution in [0.4, 0.5) is 5.69 Å². The van der Waals surface area contributed by atoms with Gasteiger partial charge in [-0.1, -0.05) is 29.9 Å². The van der Waals surface area contributed by atoms with Crippen LogP contribution < -0.4 is 10.6 Å². The van der Waals surface area contributed by atoms with Gasteiger partial charge in [0.1, 0.15) is 4.99 Å². The van der Waals surface area contributed by atoms with Gasteiger partial charge in [-0.15, -0.1) is 0 Å². The van der Waals surface area contributed by atoms with E-state index in [1.54, 1.807) is 0 Å². The van der Waals surface area contributed by atoms with Crippen molar-refractivity contribution in [3.63, 3.8) is 0 Å². The zero-order valence-electron chi connectivity index (χ0n) is 11.2. The summed E-state index contributed by atoms with van der Waals surface area (Å²) < 4.78 is 0. The summed E-state index contributed by atoms with van der Waals surface area (Å²) in [5.41, 5.74) is 7.58. The van der Waals surface area contributed by atoms with Gasteiger partial charge < -0.3 is 15.5 Å². The SMILES string of the molecule is CN(CCN1CCCC1)c1cccc(Cl)c1C(N)=S. The second-order valence-electron chi connectivity index (χ2n) is 4.97. The molecule has 0 spiro atoms. The van der Waals surface area contributed by atoms with Gasteiger partial charge in [-0.25, -0.2) is 0 Å². The van der Waals surface area contributed by atoms with E-state index in [1.807, 2.05) is 18.2 Å². The number of hydrogen-bond donors (Lipinski definition) is 1. The monoisotopic (exact) mass is 297 g/mol. The summed E-state index contributed by atoms with van der Waals surface area (Å²) in [6.45, 7) is 4.45. The highest BCUT2D eigenvalue weighted by Crippen LogP contribution is 2.26. The number of rotatable bonds is 5. The number of nitrogens with two attached hydrogens (primary N) is 1. The Hall–Kier alpha value is -0.840. The van der Waals surface area contributed by atoms with Gasteiger partial charge in [0.25, 0.3) is 0 Å². The van der Waals surface area contributed by atoms with E-state index in [9.17, 15) is 0 Å². The second-order valence-corrected chi connectivity index (χ2v) is 5.82. The van der Waals surface area contributed by atoms with Crippen molar-refractivity contribution in [1.82, 2.24) is 4.90 Å². The molecule has 0 saturated carbocycles. The lowest BCUT2D eigenvalue weighted by Crippen LogP contribution is -2.32. The van der Waals surface area contributed by atoms with Crippen LogP contribution in [0.2, 0.25) is 5.02 Å². The lowest BCUT2D eigenvalue weighted by atomic mass is 10.1. The zero-order valence-corrected chi connectivity index (χ0v) is 12.8. The summed E-state index contributed by atoms with van der Waals surface area (Å²) >= 11 is 11.3. The van der Waals surface area contributed by atoms with Gasteiger partial charge in [-0.3, -0.25) is 0 Å². The third-order valence-electron chi connectivity index (χ3n) is 3.60. The van der Waals surface area contributed by atoms with Gasteiger partial charge in [-0.2, -0.15) is 0 Å². The molecule has 0 bridgehead atoms. The van der Waals surface area contributed by atoms with Crippen LogP contribution in [0.5, 0.6) is 0 Å². The first kappa shape index (κ1) is 14.6. The summed E-state index contributed by atoms with van der Waals surface area (Å²) in [6.07, 6.45) is 2.64. The summed E-state index contributed by atoms with van der Waals surface area (Å²) in [5.74, 6) is 0. The highest BCUT2D eigenvalue weighted by Gasteiger charge is 2.15. The molecule has 0 amide bonds. The molecule has 1 aromatic rings. The molecule has 19 heavy (non-hydrogen) atoms. The van der Waals surface area contributed by atoms with Crippen molar-refractivity contribution >= 4 is 34.5 Å². The van der Waals surface area contributed by atoms with Crippen LogP contribution in [0, 0.1) is 0 Å². The van der Waals surface area contributed by atoms with Crippen molar-refractivity contribution in [2.24, 2.45) is 5.73 Å². The molecule has 1 fully saturated rings. The number of likely N-dealkylation sites (N-methyl/N-ethyl adjacent to an activating group) is 1. The summed E-state index contributed by atoms with van der Waals surface area (Å²) in [5, 5.41) is 0.623. The molecule has 0 aromatic heterocycles. The smallest absolute Gasteiger partial charge is 0.107 e. The number of halogens is 1. The Kier molecular flexibility index (Phi) is 5.02. The van der Waals surface area contributed by atoms with Crippen molar-refractivity contribution in [3.05, 3.63) is 28.8 Å². The highest BCUT2D eigenvalue weighted by atomic mass is 35.5. The Morgan fingerprint density at radius 2 is 2.11 bits per heavy atom. The molecular formula is C14H20ClN3S. The number of thiocarbonyl (C=S) groups is 1. The first-order chi connectivity index (χ1) is 9.09. The predicted molar refractivity (Wildman–Crippen MR) is 86.3 cm³/mol. The minimum Gasteiger partial charge on any atom is -0.389 e. The fraction of sp³-hybridized carbons (Fsp3) is 0.500. The van der Waals surface area contributed by atoms with E-state index in [2.05, 4.69) is 16.8 Å². The molecule has 3 nitrogen and oxygen atoms in total. The Bertz CT molecular complexity index is 458. The van der Waals surface area contributed by atoms with E-state index < -0.39 is 0 Å². The van der Waals surface area contributed by atoms with E-state index in [0.29, 0.717) is 10.0 Å². The molecule has 0 atom stereocenters. The third kappa shape index (κ3) is 3.59. The number of hydrogen-bond acceptors (Lipinski definition) is 3. The third-order valence-corrected chi connectivity index (χ3v) is 4.12. The normalized spacial score (nSPS) is 15.7. The van der Waals surface area contributed by atoms with Crippen LogP contribution in [0.1, 0.15) is 18.4 Å². The van der Waals surface area contributed by atoms with Gasteiger partial charge in [0.15, 0.2) is 0 Å². The summed E-state index contributed by atoms with van der Waals surface area (Å²) in [6, 6.07) is 5.78. The molecule has 1 aliphatic rings. The molecule has 1 aliphatic heterocycles. The first-order valence-corrected chi connectivity index (χ1v) is 7.40. The van der Waals surface area contributed by atoms with Crippen LogP contribution in [-0.4, -0.2) is 43.1 Å². The molecule has 2 N–H and O–H groups in total. The molecule has 0 unspecified atom stereocenters. The minimum absolute atomic E-state index is 0.355. The number of anilines is 1. The Balaban J connectivity index is 2.07. The van der Waals surface area contributed by atoms with Crippen molar-refractivity contribution in [1.29, 1.82) is 0 Å². The van der Waals surface area contributed by atoms with Crippen molar-refractivity contribution in [2.75, 3.05) is 38.1 Å². The van der Waals surface area contributed by atoms with Gasteiger partial charge in [0.2, 0.25) is 0 Å². The molecule has 1 saturated heterocycles. The van der Waals surface area contributed by atoms with Crippen LogP contribution in [-0.2, 0) is 0 Å². The Labute approximate surface area is 125 Å². The maximum Gasteiger partial charge on any atom is 0.107 e. The van der Waals surface area contributed by atoms with Gasteiger partial charge in [-0.05, 0) is 38.1 Å². The van der Waals surface area contributed by atoms with Crippen LogP contribution in [0.25, 0.3) is 0 Å². The Morgan fingerprint density at radius 3 is 2.74 bits per heavy atom. The van der Waals surface area contributed by atoms with Crippen molar-refractivity contribution in [3.8, 4) is 0 Å². The molecule has 1 aromatic carbocycles. The van der Waals surface area contributed by atoms with Crippen LogP contribution in [0.3, 0.4) is 0 Å². The quantitative estimate of drug-likeness (QED) is 0.847. The van der Waals surface area contributed by atoms with Gasteiger partial charge in [0, 0.05) is 25.8 Å². The van der Waals surface area contributed by atoms with Gasteiger partial charge >= 0.3 is 0 Å². The van der Waals surface area contributed by atoms with Crippen LogP contribution >= 0.6 is 23.8 Å². The molecule has 1 heterocycles. The molecular weight excluding hydrogens is 278 g/mol. The zero-order chi connectivity index (χ0) is 13.8. The Morgan fingerprint density at radius 1 is 1.42 bits per heavy atom. The minimum atomic E-state index is 0.355. The average molecular weight is 298 g/mol. The van der Waals surface area contributed by atoms with E-state index >= 15 is 0 Å². The number of benzene rings is 1. The van der Waals surface area contributed by atoms with Crippen molar-refractivity contribution < 1.29 is 0 Å². The van der Waals surface area contributed by atoms with Crippen LogP contribution in [0.15, 0.2) is 18.2 Å². The van der Waals surface area contributed by atoms with Crippen molar-refractivity contribution in [2.45, 2.75) is 12.8 Å². The highest BCUT2D eigenvalue weighted by molar-refractivity contribution is 7.80. The summed E-state index contributed by atoms with van der Waals surface area (Å²) in [4.78, 5) is 5.02. The molecule has 2 rings (SSSR count). The molecule has 5 heteroatoms. The van der Waals surface area contributed by atoms with E-state index in [4.69, 9.17) is 29.6 Å². The summed E-state index contributed by atoms with van der Waals surface area (Å²) in [7, 11) is 2.06. The molecule has 0 radical (unpaired) electrons. The lowest BCUT2D eigenvalue weighted by molar-refractivity contribution is 0.346. The van der Waals surface area contributed by atoms with E-state index in [-0.39, 0.29) is 0 Å². The maximum absolute atomic E-state index is 6.19. The fourth-order valence-electron chi connectivity index (χ4n) is 2.49. The maximum atomic E-state index is 6.19. The molecule has 0 aliphatic carbocycles. The topological polar surface area (TPSA) is 32.5 Å². The van der Waals surface area contributed by atoms with E-state index in [0.717, 1.165) is 24.3 Å². The molecule has 104 valence electrons. The standard InChI is InChI=1S/C14H20ClN3S/c1-17(9-10-18-7-2-3-8-18)12-6-4-5-11(15)13(12)14(16)19/h4-6H,2-3,7-10H2,1H3,(H2,16,19). The van der Waals surface area contributed by atoms with Gasteiger partial charge in [0.05, 0.1) is 10.6 Å². The lowest BCUT2D eigenvalue weighted by Gasteiger charge is -2.25. The number of nitrogens with zero attached hydrogens (tertiary/aromatic N) is 2. The fourth-order valence-corrected chi connectivity index (χ4v) is 3.03. The largest absolute Gasteiger partial charge is 0.389 e. The van der Waals surface area contributed by atoms with E-state index in [1.165, 1.54) is 25.9 Å². The first-order valence-electron chi connectivity index (χ1n) is 6.61. The number of likely N-dealkylation sites (tertiary alicyclic amines) is 1.